The van der Waals surface area contributed by atoms with E-state index in [1.807, 2.05) is 55.5 Å². The number of hydrogen-bond donors (Lipinski definition) is 1. The number of nitrogens with two attached hydrogens (primary N) is 1. The van der Waals surface area contributed by atoms with Gasteiger partial charge in [-0.05, 0) is 18.6 Å². The molecular formula is C24H21N3O3. The summed E-state index contributed by atoms with van der Waals surface area (Å²) in [5.74, 6) is 0.269. The Morgan fingerprint density at radius 1 is 1.17 bits per heavy atom. The fraction of sp³-hybridized carbons (Fsp3) is 0.167. The summed E-state index contributed by atoms with van der Waals surface area (Å²) in [5.41, 5.74) is 8.87. The molecule has 0 amide bonds. The molecule has 6 nitrogen and oxygen atoms in total. The Balaban J connectivity index is 1.96. The van der Waals surface area contributed by atoms with Crippen molar-refractivity contribution in [2.45, 2.75) is 19.4 Å². The normalized spacial score (nSPS) is 15.2. The summed E-state index contributed by atoms with van der Waals surface area (Å²) < 4.78 is 12.9. The number of fused-ring (bicyclic) bond motifs is 1. The highest BCUT2D eigenvalue weighted by Crippen LogP contribution is 2.43. The Morgan fingerprint density at radius 3 is 2.57 bits per heavy atom. The third kappa shape index (κ3) is 3.20. The zero-order valence-electron chi connectivity index (χ0n) is 16.8. The molecule has 2 heterocycles. The van der Waals surface area contributed by atoms with Crippen molar-refractivity contribution < 1.29 is 9.47 Å². The fourth-order valence-electron chi connectivity index (χ4n) is 3.86. The molecule has 0 bridgehead atoms. The van der Waals surface area contributed by atoms with Gasteiger partial charge >= 0.3 is 0 Å². The third-order valence-electron chi connectivity index (χ3n) is 5.32. The quantitative estimate of drug-likeness (QED) is 0.726. The number of pyridine rings is 1. The second-order valence-electron chi connectivity index (χ2n) is 7.11. The highest BCUT2D eigenvalue weighted by molar-refractivity contribution is 5.58. The van der Waals surface area contributed by atoms with Gasteiger partial charge in [0.25, 0.3) is 5.56 Å². The summed E-state index contributed by atoms with van der Waals surface area (Å²) in [6, 6.07) is 21.0. The van der Waals surface area contributed by atoms with Crippen molar-refractivity contribution in [1.82, 2.24) is 4.57 Å². The minimum atomic E-state index is -0.676. The van der Waals surface area contributed by atoms with Crippen LogP contribution in [-0.4, -0.2) is 11.7 Å². The number of aryl methyl sites for hydroxylation is 1. The van der Waals surface area contributed by atoms with Gasteiger partial charge in [0.15, 0.2) is 0 Å². The maximum atomic E-state index is 13.7. The monoisotopic (exact) mass is 399 g/mol. The zero-order valence-corrected chi connectivity index (χ0v) is 16.8. The lowest BCUT2D eigenvalue weighted by atomic mass is 9.83. The number of rotatable bonds is 4. The first-order valence-electron chi connectivity index (χ1n) is 9.54. The second kappa shape index (κ2) is 7.80. The first-order valence-corrected chi connectivity index (χ1v) is 9.54. The molecule has 0 aliphatic carbocycles. The SMILES string of the molecule is COc1ccccc1[C@H]1C(C#N)=C(N)Oc2cc(C)n(Cc3ccccc3)c(=O)c21. The molecule has 1 atom stereocenters. The number of methoxy groups -OCH3 is 1. The lowest BCUT2D eigenvalue weighted by Gasteiger charge is -2.28. The Morgan fingerprint density at radius 2 is 1.87 bits per heavy atom. The van der Waals surface area contributed by atoms with Gasteiger partial charge in [-0.2, -0.15) is 5.26 Å². The molecule has 6 heteroatoms. The van der Waals surface area contributed by atoms with E-state index in [-0.39, 0.29) is 17.0 Å². The summed E-state index contributed by atoms with van der Waals surface area (Å²) in [4.78, 5) is 13.7. The molecule has 0 saturated heterocycles. The molecule has 0 fully saturated rings. The van der Waals surface area contributed by atoms with Crippen molar-refractivity contribution in [1.29, 1.82) is 5.26 Å². The Hall–Kier alpha value is -3.98. The first kappa shape index (κ1) is 19.3. The maximum Gasteiger partial charge on any atom is 0.259 e. The van der Waals surface area contributed by atoms with Crippen LogP contribution in [0, 0.1) is 18.3 Å². The molecule has 150 valence electrons. The van der Waals surface area contributed by atoms with E-state index >= 15 is 0 Å². The van der Waals surface area contributed by atoms with Crippen LogP contribution in [-0.2, 0) is 6.54 Å². The highest BCUT2D eigenvalue weighted by atomic mass is 16.5. The average molecular weight is 399 g/mol. The lowest BCUT2D eigenvalue weighted by Crippen LogP contribution is -2.33. The van der Waals surface area contributed by atoms with Crippen molar-refractivity contribution in [3.63, 3.8) is 0 Å². The fourth-order valence-corrected chi connectivity index (χ4v) is 3.86. The van der Waals surface area contributed by atoms with Gasteiger partial charge < -0.3 is 19.8 Å². The van der Waals surface area contributed by atoms with Gasteiger partial charge in [0.2, 0.25) is 5.88 Å². The lowest BCUT2D eigenvalue weighted by molar-refractivity contribution is 0.383. The van der Waals surface area contributed by atoms with E-state index < -0.39 is 5.92 Å². The molecule has 0 unspecified atom stereocenters. The minimum Gasteiger partial charge on any atom is -0.496 e. The molecular weight excluding hydrogens is 378 g/mol. The molecule has 30 heavy (non-hydrogen) atoms. The van der Waals surface area contributed by atoms with Crippen LogP contribution in [0.5, 0.6) is 11.5 Å². The maximum absolute atomic E-state index is 13.7. The van der Waals surface area contributed by atoms with Crippen molar-refractivity contribution >= 4 is 0 Å². The summed E-state index contributed by atoms with van der Waals surface area (Å²) >= 11 is 0. The van der Waals surface area contributed by atoms with Crippen LogP contribution in [0.4, 0.5) is 0 Å². The van der Waals surface area contributed by atoms with Gasteiger partial charge in [-0.1, -0.05) is 48.5 Å². The average Bonchev–Trinajstić information content (AvgIpc) is 2.76. The number of aromatic nitrogens is 1. The predicted octanol–water partition coefficient (Wildman–Crippen LogP) is 3.43. The first-order chi connectivity index (χ1) is 14.5. The van der Waals surface area contributed by atoms with Crippen LogP contribution in [0.1, 0.15) is 28.3 Å². The van der Waals surface area contributed by atoms with E-state index in [9.17, 15) is 10.1 Å². The van der Waals surface area contributed by atoms with E-state index in [0.717, 1.165) is 11.3 Å². The number of allylic oxidation sites excluding steroid dienone is 1. The van der Waals surface area contributed by atoms with Crippen LogP contribution in [0.2, 0.25) is 0 Å². The van der Waals surface area contributed by atoms with Gasteiger partial charge in [-0.25, -0.2) is 0 Å². The van der Waals surface area contributed by atoms with Gasteiger partial charge in [-0.3, -0.25) is 4.79 Å². The number of benzene rings is 2. The molecule has 2 N–H and O–H groups in total. The highest BCUT2D eigenvalue weighted by Gasteiger charge is 2.35. The molecule has 2 aromatic carbocycles. The molecule has 0 spiro atoms. The van der Waals surface area contributed by atoms with Gasteiger partial charge in [0, 0.05) is 17.3 Å². The molecule has 1 aromatic heterocycles. The number of ether oxygens (including phenoxy) is 2. The number of nitrogens with zero attached hydrogens (tertiary/aromatic N) is 2. The number of hydrogen-bond acceptors (Lipinski definition) is 5. The summed E-state index contributed by atoms with van der Waals surface area (Å²) in [6.45, 7) is 2.27. The molecule has 3 aromatic rings. The van der Waals surface area contributed by atoms with Crippen LogP contribution in [0.3, 0.4) is 0 Å². The largest absolute Gasteiger partial charge is 0.496 e. The molecule has 0 radical (unpaired) electrons. The van der Waals surface area contributed by atoms with Crippen molar-refractivity contribution in [3.05, 3.63) is 105 Å². The summed E-state index contributed by atoms with van der Waals surface area (Å²) in [7, 11) is 1.56. The van der Waals surface area contributed by atoms with E-state index in [4.69, 9.17) is 15.2 Å². The van der Waals surface area contributed by atoms with Gasteiger partial charge in [0.05, 0.1) is 25.1 Å². The molecule has 0 saturated carbocycles. The van der Waals surface area contributed by atoms with Gasteiger partial charge in [-0.15, -0.1) is 0 Å². The third-order valence-corrected chi connectivity index (χ3v) is 5.32. The molecule has 1 aliphatic heterocycles. The van der Waals surface area contributed by atoms with Crippen LogP contribution >= 0.6 is 0 Å². The number of nitriles is 1. The standard InChI is InChI=1S/C24H21N3O3/c1-15-12-20-22(24(28)27(15)14-16-8-4-3-5-9-16)21(18(13-25)23(26)30-20)17-10-6-7-11-19(17)29-2/h3-12,21H,14,26H2,1-2H3/t21-/m0/s1. The Labute approximate surface area is 174 Å². The van der Waals surface area contributed by atoms with Crippen molar-refractivity contribution in [2.24, 2.45) is 5.73 Å². The van der Waals surface area contributed by atoms with E-state index in [2.05, 4.69) is 6.07 Å². The Kier molecular flexibility index (Phi) is 5.03. The minimum absolute atomic E-state index is 0.000477. The van der Waals surface area contributed by atoms with Crippen LogP contribution in [0.25, 0.3) is 0 Å². The Bertz CT molecular complexity index is 1240. The van der Waals surface area contributed by atoms with Crippen molar-refractivity contribution in [2.75, 3.05) is 7.11 Å². The zero-order chi connectivity index (χ0) is 21.3. The number of para-hydroxylation sites is 1. The smallest absolute Gasteiger partial charge is 0.259 e. The van der Waals surface area contributed by atoms with E-state index in [0.29, 0.717) is 29.2 Å². The molecule has 1 aliphatic rings. The molecule has 4 rings (SSSR count). The van der Waals surface area contributed by atoms with Crippen LogP contribution < -0.4 is 20.8 Å². The van der Waals surface area contributed by atoms with E-state index in [1.165, 1.54) is 0 Å². The summed E-state index contributed by atoms with van der Waals surface area (Å²) in [6.07, 6.45) is 0. The van der Waals surface area contributed by atoms with Crippen LogP contribution in [0.15, 0.2) is 76.9 Å². The summed E-state index contributed by atoms with van der Waals surface area (Å²) in [5, 5.41) is 9.81. The van der Waals surface area contributed by atoms with Crippen molar-refractivity contribution in [3.8, 4) is 17.6 Å². The van der Waals surface area contributed by atoms with E-state index in [1.54, 1.807) is 23.8 Å². The topological polar surface area (TPSA) is 90.3 Å². The second-order valence-corrected chi connectivity index (χ2v) is 7.11. The van der Waals surface area contributed by atoms with Gasteiger partial charge in [0.1, 0.15) is 23.1 Å². The predicted molar refractivity (Wildman–Crippen MR) is 113 cm³/mol.